The summed E-state index contributed by atoms with van der Waals surface area (Å²) in [6.45, 7) is 0. The number of carbonyl (C=O) groups excluding carboxylic acids is 1. The van der Waals surface area contributed by atoms with Gasteiger partial charge in [0.2, 0.25) is 16.3 Å². The molecule has 2 nitrogen and oxygen atoms in total. The minimum absolute atomic E-state index is 0.187. The molecule has 0 aromatic heterocycles. The number of ether oxygens (including phenoxy) is 1. The van der Waals surface area contributed by atoms with Crippen molar-refractivity contribution in [2.24, 2.45) is 0 Å². The third-order valence-electron chi connectivity index (χ3n) is 2.30. The lowest BCUT2D eigenvalue weighted by molar-refractivity contribution is -0.273. The summed E-state index contributed by atoms with van der Waals surface area (Å²) in [6, 6.07) is 4.29. The largest absolute Gasteiger partial charge is 0.461 e. The number of allylic oxidation sites excluding steroid dienone is 1. The van der Waals surface area contributed by atoms with Crippen molar-refractivity contribution in [1.82, 2.24) is 0 Å². The van der Waals surface area contributed by atoms with Crippen molar-refractivity contribution in [2.75, 3.05) is 0 Å². The van der Waals surface area contributed by atoms with Crippen LogP contribution in [-0.4, -0.2) is 17.3 Å². The van der Waals surface area contributed by atoms with E-state index in [9.17, 15) is 31.1 Å². The first-order valence-corrected chi connectivity index (χ1v) is 6.16. The van der Waals surface area contributed by atoms with Crippen molar-refractivity contribution >= 4 is 28.4 Å². The Bertz CT molecular complexity index is 576. The minimum atomic E-state index is -6.08. The molecular formula is C12H6Cl2F6O2. The molecule has 22 heavy (non-hydrogen) atoms. The summed E-state index contributed by atoms with van der Waals surface area (Å²) >= 11 is 9.75. The predicted molar refractivity (Wildman–Crippen MR) is 66.6 cm³/mol. The summed E-state index contributed by atoms with van der Waals surface area (Å²) in [6.07, 6.45) is -6.27. The highest BCUT2D eigenvalue weighted by Gasteiger charge is 2.63. The van der Waals surface area contributed by atoms with Gasteiger partial charge in [-0.3, -0.25) is 4.79 Å². The van der Waals surface area contributed by atoms with Gasteiger partial charge in [0.25, 0.3) is 0 Å². The third kappa shape index (κ3) is 4.54. The summed E-state index contributed by atoms with van der Waals surface area (Å²) in [5, 5.41) is -3.04. The van der Waals surface area contributed by atoms with E-state index in [-0.39, 0.29) is 6.42 Å². The number of hydrogen-bond donors (Lipinski definition) is 0. The SMILES string of the molecule is O=C(Cl)Cc1ccc(O/C(=C(/F)Cl)C(F)(F)C(F)(F)F)cc1. The zero-order valence-corrected chi connectivity index (χ0v) is 11.9. The normalized spacial score (nSPS) is 13.6. The molecule has 0 radical (unpaired) electrons. The molecule has 0 heterocycles. The van der Waals surface area contributed by atoms with E-state index in [2.05, 4.69) is 16.3 Å². The van der Waals surface area contributed by atoms with Gasteiger partial charge < -0.3 is 4.74 Å². The van der Waals surface area contributed by atoms with Crippen LogP contribution in [0.15, 0.2) is 35.3 Å². The predicted octanol–water partition coefficient (Wildman–Crippen LogP) is 4.95. The van der Waals surface area contributed by atoms with Gasteiger partial charge in [0.1, 0.15) is 5.75 Å². The molecule has 0 N–H and O–H groups in total. The van der Waals surface area contributed by atoms with Crippen molar-refractivity contribution in [3.63, 3.8) is 0 Å². The maximum Gasteiger partial charge on any atom is 0.461 e. The van der Waals surface area contributed by atoms with E-state index in [1.165, 1.54) is 12.1 Å². The Labute approximate surface area is 130 Å². The Kier molecular flexibility index (Phi) is 5.75. The molecule has 0 aliphatic heterocycles. The summed E-state index contributed by atoms with van der Waals surface area (Å²) in [5.74, 6) is -8.51. The topological polar surface area (TPSA) is 26.3 Å². The van der Waals surface area contributed by atoms with Crippen LogP contribution in [0.2, 0.25) is 0 Å². The molecule has 0 spiro atoms. The molecule has 1 aromatic carbocycles. The van der Waals surface area contributed by atoms with Crippen LogP contribution in [0, 0.1) is 0 Å². The van der Waals surface area contributed by atoms with E-state index >= 15 is 0 Å². The molecule has 0 aliphatic carbocycles. The van der Waals surface area contributed by atoms with Crippen molar-refractivity contribution in [2.45, 2.75) is 18.5 Å². The van der Waals surface area contributed by atoms with Crippen LogP contribution < -0.4 is 4.74 Å². The molecule has 1 aromatic rings. The van der Waals surface area contributed by atoms with Crippen LogP contribution in [0.25, 0.3) is 0 Å². The van der Waals surface area contributed by atoms with Gasteiger partial charge >= 0.3 is 12.1 Å². The number of alkyl halides is 5. The Morgan fingerprint density at radius 3 is 1.91 bits per heavy atom. The zero-order valence-electron chi connectivity index (χ0n) is 10.4. The second-order valence-corrected chi connectivity index (χ2v) is 4.69. The molecule has 0 unspecified atom stereocenters. The maximum atomic E-state index is 13.1. The van der Waals surface area contributed by atoms with Gasteiger partial charge in [-0.1, -0.05) is 12.1 Å². The van der Waals surface area contributed by atoms with E-state index in [0.29, 0.717) is 5.56 Å². The number of halogens is 8. The summed E-state index contributed by atoms with van der Waals surface area (Å²) in [4.78, 5) is 10.6. The van der Waals surface area contributed by atoms with E-state index in [4.69, 9.17) is 11.6 Å². The summed E-state index contributed by atoms with van der Waals surface area (Å²) < 4.78 is 79.8. The molecule has 0 fully saturated rings. The van der Waals surface area contributed by atoms with Crippen LogP contribution in [-0.2, 0) is 11.2 Å². The third-order valence-corrected chi connectivity index (χ3v) is 2.60. The van der Waals surface area contributed by atoms with E-state index in [1.54, 1.807) is 0 Å². The van der Waals surface area contributed by atoms with Crippen molar-refractivity contribution in [3.8, 4) is 5.75 Å². The van der Waals surface area contributed by atoms with Gasteiger partial charge in [0.05, 0.1) is 0 Å². The fourth-order valence-electron chi connectivity index (χ4n) is 1.30. The van der Waals surface area contributed by atoms with Gasteiger partial charge in [0.15, 0.2) is 0 Å². The average molecular weight is 367 g/mol. The van der Waals surface area contributed by atoms with Gasteiger partial charge in [-0.15, -0.1) is 0 Å². The summed E-state index contributed by atoms with van der Waals surface area (Å²) in [5.41, 5.74) is 0.354. The molecule has 0 atom stereocenters. The first-order valence-electron chi connectivity index (χ1n) is 5.40. The number of rotatable bonds is 5. The number of carbonyl (C=O) groups is 1. The molecule has 0 bridgehead atoms. The summed E-state index contributed by atoms with van der Waals surface area (Å²) in [7, 11) is 0. The first-order chi connectivity index (χ1) is 9.95. The minimum Gasteiger partial charge on any atom is -0.451 e. The molecule has 122 valence electrons. The number of hydrogen-bond acceptors (Lipinski definition) is 2. The van der Waals surface area contributed by atoms with E-state index < -0.39 is 34.1 Å². The fourth-order valence-corrected chi connectivity index (χ4v) is 1.62. The van der Waals surface area contributed by atoms with Crippen LogP contribution in [0.4, 0.5) is 26.3 Å². The molecule has 0 amide bonds. The van der Waals surface area contributed by atoms with Gasteiger partial charge in [-0.25, -0.2) is 0 Å². The first kappa shape index (κ1) is 18.6. The average Bonchev–Trinajstić information content (AvgIpc) is 2.35. The van der Waals surface area contributed by atoms with Crippen molar-refractivity contribution < 1.29 is 35.9 Å². The van der Waals surface area contributed by atoms with Crippen LogP contribution in [0.5, 0.6) is 5.75 Å². The zero-order chi connectivity index (χ0) is 17.1. The molecular weight excluding hydrogens is 361 g/mol. The second-order valence-electron chi connectivity index (χ2n) is 3.94. The highest BCUT2D eigenvalue weighted by Crippen LogP contribution is 2.43. The number of benzene rings is 1. The van der Waals surface area contributed by atoms with Crippen LogP contribution in [0.1, 0.15) is 5.56 Å². The van der Waals surface area contributed by atoms with Crippen molar-refractivity contribution in [1.29, 1.82) is 0 Å². The van der Waals surface area contributed by atoms with Crippen LogP contribution in [0.3, 0.4) is 0 Å². The standard InChI is InChI=1S/C12H6Cl2F6O2/c13-8(21)5-6-1-3-7(4-2-6)22-9(10(14)15)11(16,17)12(18,19)20/h1-4H,5H2/b10-9+. The quantitative estimate of drug-likeness (QED) is 0.418. The Morgan fingerprint density at radius 2 is 1.55 bits per heavy atom. The second kappa shape index (κ2) is 6.78. The maximum absolute atomic E-state index is 13.1. The Morgan fingerprint density at radius 1 is 1.05 bits per heavy atom. The molecule has 1 rings (SSSR count). The van der Waals surface area contributed by atoms with Crippen LogP contribution >= 0.6 is 23.2 Å². The highest BCUT2D eigenvalue weighted by atomic mass is 35.5. The molecule has 10 heteroatoms. The van der Waals surface area contributed by atoms with Gasteiger partial charge in [-0.05, 0) is 40.9 Å². The highest BCUT2D eigenvalue weighted by molar-refractivity contribution is 6.63. The smallest absolute Gasteiger partial charge is 0.451 e. The van der Waals surface area contributed by atoms with Crippen molar-refractivity contribution in [3.05, 3.63) is 40.9 Å². The van der Waals surface area contributed by atoms with E-state index in [1.807, 2.05) is 0 Å². The fraction of sp³-hybridized carbons (Fsp3) is 0.250. The van der Waals surface area contributed by atoms with E-state index in [0.717, 1.165) is 12.1 Å². The lowest BCUT2D eigenvalue weighted by atomic mass is 10.1. The van der Waals surface area contributed by atoms with Gasteiger partial charge in [0, 0.05) is 6.42 Å². The molecule has 0 saturated carbocycles. The lowest BCUT2D eigenvalue weighted by Crippen LogP contribution is -2.40. The Hall–Kier alpha value is -1.41. The molecule has 0 saturated heterocycles. The van der Waals surface area contributed by atoms with Gasteiger partial charge in [-0.2, -0.15) is 26.3 Å². The monoisotopic (exact) mass is 366 g/mol. The Balaban J connectivity index is 3.04. The lowest BCUT2D eigenvalue weighted by Gasteiger charge is -2.22. The molecule has 0 aliphatic rings.